The molecule has 0 atom stereocenters. The average Bonchev–Trinajstić information content (AvgIpc) is 3.22. The third-order valence-electron chi connectivity index (χ3n) is 2.95. The molecule has 0 spiro atoms. The normalized spacial score (nSPS) is 14.3. The van der Waals surface area contributed by atoms with Gasteiger partial charge in [-0.3, -0.25) is 0 Å². The zero-order valence-corrected chi connectivity index (χ0v) is 10.5. The fourth-order valence-electron chi connectivity index (χ4n) is 1.96. The number of anilines is 1. The van der Waals surface area contributed by atoms with E-state index in [-0.39, 0.29) is 0 Å². The van der Waals surface area contributed by atoms with Crippen LogP contribution in [0.3, 0.4) is 0 Å². The molecule has 0 bridgehead atoms. The summed E-state index contributed by atoms with van der Waals surface area (Å²) < 4.78 is 0. The Bertz CT molecular complexity index is 530. The van der Waals surface area contributed by atoms with Crippen molar-refractivity contribution in [3.8, 4) is 6.07 Å². The molecule has 0 saturated heterocycles. The van der Waals surface area contributed by atoms with Crippen molar-refractivity contribution in [2.45, 2.75) is 25.3 Å². The van der Waals surface area contributed by atoms with Crippen LogP contribution in [-0.2, 0) is 4.79 Å². The summed E-state index contributed by atoms with van der Waals surface area (Å²) in [5, 5.41) is 17.4. The third kappa shape index (κ3) is 3.55. The number of carbonyl (C=O) groups is 1. The highest BCUT2D eigenvalue weighted by Gasteiger charge is 2.30. The Morgan fingerprint density at radius 3 is 3.05 bits per heavy atom. The van der Waals surface area contributed by atoms with Crippen molar-refractivity contribution >= 4 is 17.9 Å². The van der Waals surface area contributed by atoms with Gasteiger partial charge in [-0.2, -0.15) is 5.26 Å². The van der Waals surface area contributed by atoms with Crippen LogP contribution >= 0.6 is 0 Å². The molecular formula is C14H15N3O2. The average molecular weight is 257 g/mol. The van der Waals surface area contributed by atoms with E-state index in [1.165, 1.54) is 0 Å². The summed E-state index contributed by atoms with van der Waals surface area (Å²) >= 11 is 0. The number of aliphatic carboxylic acids is 1. The van der Waals surface area contributed by atoms with Crippen molar-refractivity contribution in [2.24, 2.45) is 0 Å². The zero-order valence-electron chi connectivity index (χ0n) is 10.5. The van der Waals surface area contributed by atoms with Gasteiger partial charge in [-0.05, 0) is 31.1 Å². The lowest BCUT2D eigenvalue weighted by atomic mass is 10.2. The molecule has 1 N–H and O–H groups in total. The van der Waals surface area contributed by atoms with Crippen molar-refractivity contribution < 1.29 is 9.90 Å². The first-order valence-corrected chi connectivity index (χ1v) is 6.22. The Morgan fingerprint density at radius 2 is 2.42 bits per heavy atom. The minimum atomic E-state index is -0.982. The second-order valence-electron chi connectivity index (χ2n) is 4.42. The Labute approximate surface area is 111 Å². The van der Waals surface area contributed by atoms with Crippen LogP contribution in [0.4, 0.5) is 5.82 Å². The van der Waals surface area contributed by atoms with Crippen molar-refractivity contribution in [2.75, 3.05) is 11.4 Å². The molecule has 0 amide bonds. The smallest absolute Gasteiger partial charge is 0.328 e. The van der Waals surface area contributed by atoms with E-state index in [4.69, 9.17) is 10.4 Å². The lowest BCUT2D eigenvalue weighted by Crippen LogP contribution is -2.28. The minimum Gasteiger partial charge on any atom is -0.478 e. The monoisotopic (exact) mass is 257 g/mol. The van der Waals surface area contributed by atoms with E-state index < -0.39 is 5.97 Å². The highest BCUT2D eigenvalue weighted by Crippen LogP contribution is 2.32. The van der Waals surface area contributed by atoms with Crippen LogP contribution in [0.15, 0.2) is 24.4 Å². The number of hydrogen-bond donors (Lipinski definition) is 1. The van der Waals surface area contributed by atoms with Gasteiger partial charge in [0.25, 0.3) is 0 Å². The van der Waals surface area contributed by atoms with Crippen LogP contribution in [0.25, 0.3) is 6.08 Å². The number of nitrogens with zero attached hydrogens (tertiary/aromatic N) is 3. The summed E-state index contributed by atoms with van der Waals surface area (Å²) in [5.41, 5.74) is 0.773. The molecular weight excluding hydrogens is 242 g/mol. The first-order chi connectivity index (χ1) is 9.22. The van der Waals surface area contributed by atoms with Gasteiger partial charge in [-0.15, -0.1) is 0 Å². The lowest BCUT2D eigenvalue weighted by Gasteiger charge is -2.23. The van der Waals surface area contributed by atoms with E-state index in [9.17, 15) is 4.79 Å². The van der Waals surface area contributed by atoms with Gasteiger partial charge in [0.05, 0.1) is 12.5 Å². The largest absolute Gasteiger partial charge is 0.478 e. The summed E-state index contributed by atoms with van der Waals surface area (Å²) in [5.74, 6) is -0.220. The molecule has 0 aromatic carbocycles. The SMILES string of the molecule is N#CCCN(c1ncccc1/C=C/C(=O)O)C1CC1. The van der Waals surface area contributed by atoms with E-state index in [2.05, 4.69) is 16.0 Å². The fourth-order valence-corrected chi connectivity index (χ4v) is 1.96. The molecule has 0 unspecified atom stereocenters. The maximum atomic E-state index is 10.6. The summed E-state index contributed by atoms with van der Waals surface area (Å²) in [4.78, 5) is 17.1. The van der Waals surface area contributed by atoms with Gasteiger partial charge in [0.2, 0.25) is 0 Å². The van der Waals surface area contributed by atoms with Crippen molar-refractivity contribution in [3.05, 3.63) is 30.0 Å². The molecule has 0 radical (unpaired) electrons. The van der Waals surface area contributed by atoms with Gasteiger partial charge in [0.15, 0.2) is 0 Å². The van der Waals surface area contributed by atoms with Crippen molar-refractivity contribution in [1.82, 2.24) is 4.98 Å². The molecule has 1 aromatic heterocycles. The second-order valence-corrected chi connectivity index (χ2v) is 4.42. The number of carboxylic acid groups (broad SMARTS) is 1. The molecule has 0 aliphatic heterocycles. The Kier molecular flexibility index (Phi) is 4.14. The quantitative estimate of drug-likeness (QED) is 0.789. The number of aromatic nitrogens is 1. The highest BCUT2D eigenvalue weighted by atomic mass is 16.4. The molecule has 1 aliphatic carbocycles. The first kappa shape index (κ1) is 13.1. The lowest BCUT2D eigenvalue weighted by molar-refractivity contribution is -0.131. The summed E-state index contributed by atoms with van der Waals surface area (Å²) in [6, 6.07) is 6.18. The highest BCUT2D eigenvalue weighted by molar-refractivity contribution is 5.86. The summed E-state index contributed by atoms with van der Waals surface area (Å²) in [6.07, 6.45) is 6.99. The van der Waals surface area contributed by atoms with E-state index >= 15 is 0 Å². The minimum absolute atomic E-state index is 0.431. The van der Waals surface area contributed by atoms with E-state index in [1.54, 1.807) is 18.3 Å². The molecule has 5 nitrogen and oxygen atoms in total. The van der Waals surface area contributed by atoms with Crippen LogP contribution in [0, 0.1) is 11.3 Å². The molecule has 1 fully saturated rings. The number of pyridine rings is 1. The third-order valence-corrected chi connectivity index (χ3v) is 2.95. The summed E-state index contributed by atoms with van der Waals surface area (Å²) in [7, 11) is 0. The van der Waals surface area contributed by atoms with Crippen LogP contribution in [0.5, 0.6) is 0 Å². The number of rotatable bonds is 6. The molecule has 5 heteroatoms. The van der Waals surface area contributed by atoms with Gasteiger partial charge >= 0.3 is 5.97 Å². The molecule has 2 rings (SSSR count). The molecule has 1 aliphatic rings. The van der Waals surface area contributed by atoms with Crippen LogP contribution in [0.2, 0.25) is 0 Å². The van der Waals surface area contributed by atoms with Gasteiger partial charge < -0.3 is 10.0 Å². The maximum Gasteiger partial charge on any atom is 0.328 e. The predicted octanol–water partition coefficient (Wildman–Crippen LogP) is 2.06. The van der Waals surface area contributed by atoms with Crippen LogP contribution in [0.1, 0.15) is 24.8 Å². The van der Waals surface area contributed by atoms with Gasteiger partial charge in [0, 0.05) is 30.4 Å². The Hall–Kier alpha value is -2.35. The second kappa shape index (κ2) is 6.01. The van der Waals surface area contributed by atoms with Gasteiger partial charge in [-0.25, -0.2) is 9.78 Å². The summed E-state index contributed by atoms with van der Waals surface area (Å²) in [6.45, 7) is 0.631. The van der Waals surface area contributed by atoms with E-state index in [1.807, 2.05) is 6.07 Å². The molecule has 98 valence electrons. The maximum absolute atomic E-state index is 10.6. The molecule has 19 heavy (non-hydrogen) atoms. The molecule has 1 saturated carbocycles. The molecule has 1 aromatic rings. The first-order valence-electron chi connectivity index (χ1n) is 6.22. The number of carboxylic acids is 1. The number of nitriles is 1. The van der Waals surface area contributed by atoms with E-state index in [0.29, 0.717) is 19.0 Å². The topological polar surface area (TPSA) is 77.2 Å². The standard InChI is InChI=1S/C14H15N3O2/c15-8-2-10-17(12-5-6-12)14-11(3-1-9-16-14)4-7-13(18)19/h1,3-4,7,9,12H,2,5-6,10H2,(H,18,19)/b7-4+. The Balaban J connectivity index is 2.25. The van der Waals surface area contributed by atoms with E-state index in [0.717, 1.165) is 30.3 Å². The Morgan fingerprint density at radius 1 is 1.63 bits per heavy atom. The van der Waals surface area contributed by atoms with Gasteiger partial charge in [0.1, 0.15) is 5.82 Å². The predicted molar refractivity (Wildman–Crippen MR) is 71.5 cm³/mol. The van der Waals surface area contributed by atoms with Crippen molar-refractivity contribution in [3.63, 3.8) is 0 Å². The fraction of sp³-hybridized carbons (Fsp3) is 0.357. The zero-order chi connectivity index (χ0) is 13.7. The van der Waals surface area contributed by atoms with Crippen LogP contribution < -0.4 is 4.90 Å². The van der Waals surface area contributed by atoms with Crippen molar-refractivity contribution in [1.29, 1.82) is 5.26 Å². The molecule has 1 heterocycles. The van der Waals surface area contributed by atoms with Crippen LogP contribution in [-0.4, -0.2) is 28.6 Å². The number of hydrogen-bond acceptors (Lipinski definition) is 4. The van der Waals surface area contributed by atoms with Gasteiger partial charge in [-0.1, -0.05) is 0 Å².